The molecule has 0 amide bonds. The molecule has 156 valence electrons. The number of nitrogens with zero attached hydrogens (tertiary/aromatic N) is 3. The van der Waals surface area contributed by atoms with Crippen LogP contribution in [0.4, 0.5) is 11.4 Å². The molecule has 2 aromatic rings. The van der Waals surface area contributed by atoms with Crippen molar-refractivity contribution in [3.8, 4) is 0 Å². The Labute approximate surface area is 186 Å². The van der Waals surface area contributed by atoms with Gasteiger partial charge in [-0.2, -0.15) is 0 Å². The van der Waals surface area contributed by atoms with Crippen molar-refractivity contribution in [1.29, 1.82) is 0 Å². The fourth-order valence-electron chi connectivity index (χ4n) is 3.04. The average molecular weight is 428 g/mol. The van der Waals surface area contributed by atoms with Crippen molar-refractivity contribution in [2.75, 3.05) is 5.73 Å². The predicted octanol–water partition coefficient (Wildman–Crippen LogP) is 0.812. The van der Waals surface area contributed by atoms with Crippen LogP contribution in [0.1, 0.15) is 11.1 Å². The van der Waals surface area contributed by atoms with Crippen LogP contribution >= 0.6 is 0 Å². The summed E-state index contributed by atoms with van der Waals surface area (Å²) in [6.45, 7) is 1.05. The van der Waals surface area contributed by atoms with E-state index in [9.17, 15) is 10.1 Å². The highest BCUT2D eigenvalue weighted by Crippen LogP contribution is 2.25. The van der Waals surface area contributed by atoms with E-state index in [4.69, 9.17) is 24.4 Å². The first-order chi connectivity index (χ1) is 15.6. The zero-order valence-electron chi connectivity index (χ0n) is 16.9. The van der Waals surface area contributed by atoms with Crippen LogP contribution in [-0.2, 0) is 31.7 Å². The lowest BCUT2D eigenvalue weighted by Gasteiger charge is -1.96. The highest BCUT2D eigenvalue weighted by Gasteiger charge is 2.57. The molecule has 2 atom stereocenters. The van der Waals surface area contributed by atoms with Crippen LogP contribution in [0.3, 0.4) is 0 Å². The molecule has 0 aliphatic carbocycles. The van der Waals surface area contributed by atoms with Gasteiger partial charge in [0.25, 0.3) is 5.69 Å². The van der Waals surface area contributed by atoms with Gasteiger partial charge in [0.15, 0.2) is 11.6 Å². The van der Waals surface area contributed by atoms with Gasteiger partial charge in [-0.15, -0.1) is 0 Å². The van der Waals surface area contributed by atoms with Crippen molar-refractivity contribution >= 4 is 51.8 Å². The van der Waals surface area contributed by atoms with Crippen molar-refractivity contribution in [3.05, 3.63) is 69.8 Å². The maximum Gasteiger partial charge on any atom is 0.473 e. The lowest BCUT2D eigenvalue weighted by atomic mass is 9.65. The number of aliphatic imine (C=N–C) groups is 2. The van der Waals surface area contributed by atoms with Crippen LogP contribution in [0.5, 0.6) is 0 Å². The molecule has 4 aliphatic heterocycles. The molecule has 2 aromatic carbocycles. The number of nitrogens with two attached hydrogens (primary N) is 1. The molecule has 0 aromatic heterocycles. The summed E-state index contributed by atoms with van der Waals surface area (Å²) in [4.78, 5) is 18.7. The van der Waals surface area contributed by atoms with E-state index in [1.165, 1.54) is 12.1 Å². The lowest BCUT2D eigenvalue weighted by Crippen LogP contribution is -2.04. The molecule has 4 fully saturated rings. The van der Waals surface area contributed by atoms with Crippen molar-refractivity contribution in [2.24, 2.45) is 9.98 Å². The first-order valence-corrected chi connectivity index (χ1v) is 10.0. The van der Waals surface area contributed by atoms with Gasteiger partial charge in [-0.1, -0.05) is 24.3 Å². The SMILES string of the molecule is Nc1cccc(CN=C2OB2C2[B]O2)c1.O=[N+]([O-])c1cccc(CN=C2OB2C2[B]O2)c1. The predicted molar refractivity (Wildman–Crippen MR) is 121 cm³/mol. The molecule has 32 heavy (non-hydrogen) atoms. The Morgan fingerprint density at radius 2 is 1.47 bits per heavy atom. The van der Waals surface area contributed by atoms with E-state index in [0.717, 1.165) is 22.6 Å². The third-order valence-electron chi connectivity index (χ3n) is 4.96. The van der Waals surface area contributed by atoms with Crippen LogP contribution in [0.2, 0.25) is 0 Å². The molecule has 6 rings (SSSR count). The molecule has 4 heterocycles. The summed E-state index contributed by atoms with van der Waals surface area (Å²) in [6.07, 6.45) is 0. The maximum atomic E-state index is 10.6. The molecule has 0 spiro atoms. The van der Waals surface area contributed by atoms with E-state index in [0.29, 0.717) is 18.9 Å². The second kappa shape index (κ2) is 8.71. The normalized spacial score (nSPS) is 23.8. The third-order valence-corrected chi connectivity index (χ3v) is 4.96. The monoisotopic (exact) mass is 428 g/mol. The summed E-state index contributed by atoms with van der Waals surface area (Å²) in [7, 11) is 3.45. The van der Waals surface area contributed by atoms with Gasteiger partial charge in [0.05, 0.1) is 29.8 Å². The fourth-order valence-corrected chi connectivity index (χ4v) is 3.04. The number of anilines is 1. The minimum Gasteiger partial charge on any atom is -0.545 e. The molecule has 0 bridgehead atoms. The van der Waals surface area contributed by atoms with Crippen LogP contribution in [0.15, 0.2) is 58.5 Å². The number of benzene rings is 2. The minimum absolute atomic E-state index is 0.0336. The number of hydrogen-bond donors (Lipinski definition) is 1. The number of non-ortho nitro benzene ring substituents is 1. The van der Waals surface area contributed by atoms with E-state index < -0.39 is 4.92 Å². The van der Waals surface area contributed by atoms with Crippen LogP contribution < -0.4 is 5.73 Å². The molecule has 4 aliphatic rings. The van der Waals surface area contributed by atoms with Gasteiger partial charge in [0, 0.05) is 17.8 Å². The molecule has 10 nitrogen and oxygen atoms in total. The summed E-state index contributed by atoms with van der Waals surface area (Å²) in [5.74, 6) is 1.65. The van der Waals surface area contributed by atoms with E-state index in [1.807, 2.05) is 24.3 Å². The van der Waals surface area contributed by atoms with Crippen LogP contribution in [0, 0.1) is 10.1 Å². The number of hydrogen-bond acceptors (Lipinski definition) is 9. The van der Waals surface area contributed by atoms with Crippen molar-refractivity contribution in [1.82, 2.24) is 0 Å². The highest BCUT2D eigenvalue weighted by molar-refractivity contribution is 7.05. The maximum absolute atomic E-state index is 10.6. The highest BCUT2D eigenvalue weighted by atomic mass is 16.6. The topological polar surface area (TPSA) is 144 Å². The van der Waals surface area contributed by atoms with Gasteiger partial charge in [0.2, 0.25) is 0 Å². The number of rotatable bonds is 7. The van der Waals surface area contributed by atoms with E-state index in [-0.39, 0.29) is 31.3 Å². The first kappa shape index (κ1) is 20.7. The van der Waals surface area contributed by atoms with Crippen molar-refractivity contribution in [3.63, 3.8) is 0 Å². The summed E-state index contributed by atoms with van der Waals surface area (Å²) >= 11 is 0. The Morgan fingerprint density at radius 3 is 1.97 bits per heavy atom. The third kappa shape index (κ3) is 5.51. The Balaban J connectivity index is 0.000000136. The molecule has 2 N–H and O–H groups in total. The number of nitro benzene ring substituents is 1. The molecule has 4 saturated heterocycles. The Kier molecular flexibility index (Phi) is 5.62. The van der Waals surface area contributed by atoms with Gasteiger partial charge >= 0.3 is 28.8 Å². The molecule has 2 unspecified atom stereocenters. The summed E-state index contributed by atoms with van der Waals surface area (Å²) in [6, 6.07) is 14.1. The zero-order valence-corrected chi connectivity index (χ0v) is 16.9. The van der Waals surface area contributed by atoms with Gasteiger partial charge in [-0.05, 0) is 23.3 Å². The number of nitrogen functional groups attached to an aromatic ring is 1. The van der Waals surface area contributed by atoms with Gasteiger partial charge < -0.3 is 24.4 Å². The summed E-state index contributed by atoms with van der Waals surface area (Å²) in [5.41, 5.74) is 8.39. The van der Waals surface area contributed by atoms with Gasteiger partial charge in [-0.25, -0.2) is 0 Å². The van der Waals surface area contributed by atoms with E-state index in [2.05, 4.69) is 9.98 Å². The second-order valence-electron chi connectivity index (χ2n) is 7.53. The summed E-state index contributed by atoms with van der Waals surface area (Å²) < 4.78 is 20.4. The smallest absolute Gasteiger partial charge is 0.473 e. The van der Waals surface area contributed by atoms with E-state index >= 15 is 0 Å². The molecule has 14 heteroatoms. The standard InChI is InChI=1S/C9H7B2N2O4.C9H9B2N2O2/c14-13(15)7-3-1-2-6(4-7)5-12-9-11(17-9)8-10-16-8;12-7-3-1-2-6(4-7)5-13-9-11(15-9)8-10-14-8/h1-4,8H,5H2;1-4,8H,5,12H2. The lowest BCUT2D eigenvalue weighted by molar-refractivity contribution is -0.384. The van der Waals surface area contributed by atoms with Crippen molar-refractivity contribution in [2.45, 2.75) is 24.9 Å². The van der Waals surface area contributed by atoms with Crippen LogP contribution in [0.25, 0.3) is 0 Å². The minimum atomic E-state index is -0.417. The Bertz CT molecular complexity index is 1090. The summed E-state index contributed by atoms with van der Waals surface area (Å²) in [5, 5.41) is 10.6. The molecule has 0 saturated carbocycles. The Morgan fingerprint density at radius 1 is 0.938 bits per heavy atom. The van der Waals surface area contributed by atoms with Crippen molar-refractivity contribution < 1.29 is 23.5 Å². The zero-order chi connectivity index (χ0) is 22.1. The molecular formula is C18H16B4N4O6. The second-order valence-corrected chi connectivity index (χ2v) is 7.53. The Hall–Kier alpha value is -3.24. The molecule has 2 radical (unpaired) electrons. The van der Waals surface area contributed by atoms with Gasteiger partial charge in [0.1, 0.15) is 0 Å². The first-order valence-electron chi connectivity index (χ1n) is 10.0. The molecular weight excluding hydrogens is 411 g/mol. The van der Waals surface area contributed by atoms with Crippen LogP contribution in [-0.4, -0.2) is 57.1 Å². The van der Waals surface area contributed by atoms with Gasteiger partial charge in [-0.3, -0.25) is 20.1 Å². The fraction of sp³-hybridized carbons (Fsp3) is 0.222. The van der Waals surface area contributed by atoms with E-state index in [1.54, 1.807) is 27.1 Å². The number of nitro groups is 1. The largest absolute Gasteiger partial charge is 0.545 e. The average Bonchev–Trinajstić information content (AvgIpc) is 3.63. The quantitative estimate of drug-likeness (QED) is 0.226.